The molecule has 3 rings (SSSR count). The maximum absolute atomic E-state index is 12.3. The van der Waals surface area contributed by atoms with Gasteiger partial charge in [0, 0.05) is 31.4 Å². The van der Waals surface area contributed by atoms with E-state index < -0.39 is 0 Å². The number of aromatic nitrogens is 1. The van der Waals surface area contributed by atoms with Crippen LogP contribution < -0.4 is 5.32 Å². The quantitative estimate of drug-likeness (QED) is 0.835. The Morgan fingerprint density at radius 3 is 2.91 bits per heavy atom. The summed E-state index contributed by atoms with van der Waals surface area (Å²) in [4.78, 5) is 41.5. The molecule has 0 radical (unpaired) electrons. The van der Waals surface area contributed by atoms with Crippen molar-refractivity contribution < 1.29 is 14.4 Å². The van der Waals surface area contributed by atoms with Crippen LogP contribution in [0.5, 0.6) is 0 Å². The minimum Gasteiger partial charge on any atom is -0.354 e. The van der Waals surface area contributed by atoms with Crippen LogP contribution in [0.1, 0.15) is 24.8 Å². The van der Waals surface area contributed by atoms with Gasteiger partial charge in [0.15, 0.2) is 0 Å². The summed E-state index contributed by atoms with van der Waals surface area (Å²) in [5, 5.41) is 2.49. The maximum atomic E-state index is 12.3. The molecule has 0 aromatic carbocycles. The van der Waals surface area contributed by atoms with Gasteiger partial charge < -0.3 is 5.32 Å². The average Bonchev–Trinajstić information content (AvgIpc) is 2.74. The molecule has 120 valence electrons. The van der Waals surface area contributed by atoms with Gasteiger partial charge in [-0.1, -0.05) is 12.5 Å². The second-order valence-corrected chi connectivity index (χ2v) is 6.53. The Balaban J connectivity index is 1.56. The van der Waals surface area contributed by atoms with Crippen molar-refractivity contribution in [3.05, 3.63) is 35.0 Å². The molecular weight excluding hydrogens is 314 g/mol. The molecule has 2 heterocycles. The molecule has 23 heavy (non-hydrogen) atoms. The van der Waals surface area contributed by atoms with Crippen molar-refractivity contribution in [3.63, 3.8) is 0 Å². The molecule has 0 bridgehead atoms. The zero-order valence-electron chi connectivity index (χ0n) is 12.5. The molecule has 6 nitrogen and oxygen atoms in total. The fourth-order valence-corrected chi connectivity index (χ4v) is 3.28. The van der Waals surface area contributed by atoms with Gasteiger partial charge in [-0.05, 0) is 42.3 Å². The Bertz CT molecular complexity index is 656. The third-order valence-corrected chi connectivity index (χ3v) is 4.87. The van der Waals surface area contributed by atoms with Gasteiger partial charge in [-0.2, -0.15) is 0 Å². The number of pyridine rings is 1. The first-order chi connectivity index (χ1) is 11.1. The van der Waals surface area contributed by atoms with E-state index >= 15 is 0 Å². The molecule has 0 atom stereocenters. The van der Waals surface area contributed by atoms with Crippen LogP contribution in [0.25, 0.3) is 6.08 Å². The highest BCUT2D eigenvalue weighted by molar-refractivity contribution is 8.18. The molecule has 1 aliphatic heterocycles. The number of carbonyl (C=O) groups is 3. The number of nitrogens with zero attached hydrogens (tertiary/aromatic N) is 2. The lowest BCUT2D eigenvalue weighted by Crippen LogP contribution is -2.40. The summed E-state index contributed by atoms with van der Waals surface area (Å²) in [7, 11) is 0. The maximum Gasteiger partial charge on any atom is 0.293 e. The van der Waals surface area contributed by atoms with E-state index in [4.69, 9.17) is 0 Å². The van der Waals surface area contributed by atoms with Crippen molar-refractivity contribution >= 4 is 34.9 Å². The molecule has 2 fully saturated rings. The third kappa shape index (κ3) is 3.61. The molecule has 1 aliphatic carbocycles. The van der Waals surface area contributed by atoms with Crippen LogP contribution in [0, 0.1) is 5.92 Å². The topological polar surface area (TPSA) is 79.4 Å². The minimum atomic E-state index is -0.318. The number of carbonyl (C=O) groups excluding carboxylic acids is 3. The van der Waals surface area contributed by atoms with E-state index in [9.17, 15) is 14.4 Å². The summed E-state index contributed by atoms with van der Waals surface area (Å²) in [6.45, 7) is 0.501. The van der Waals surface area contributed by atoms with E-state index in [-0.39, 0.29) is 29.5 Å². The van der Waals surface area contributed by atoms with E-state index in [1.54, 1.807) is 24.5 Å². The van der Waals surface area contributed by atoms with Crippen LogP contribution in [-0.4, -0.2) is 40.0 Å². The van der Waals surface area contributed by atoms with E-state index in [0.29, 0.717) is 11.4 Å². The van der Waals surface area contributed by atoms with Crippen LogP contribution in [0.15, 0.2) is 29.4 Å². The molecule has 0 unspecified atom stereocenters. The first-order valence-electron chi connectivity index (χ1n) is 7.58. The van der Waals surface area contributed by atoms with Gasteiger partial charge >= 0.3 is 0 Å². The molecule has 0 spiro atoms. The average molecular weight is 331 g/mol. The first kappa shape index (κ1) is 15.7. The molecule has 1 N–H and O–H groups in total. The number of thioether (sulfide) groups is 1. The number of hydrogen-bond acceptors (Lipinski definition) is 5. The highest BCUT2D eigenvalue weighted by Crippen LogP contribution is 2.31. The Hall–Kier alpha value is -2.15. The van der Waals surface area contributed by atoms with Gasteiger partial charge in [-0.15, -0.1) is 0 Å². The minimum absolute atomic E-state index is 0.0223. The molecule has 1 saturated heterocycles. The lowest BCUT2D eigenvalue weighted by Gasteiger charge is -2.24. The Morgan fingerprint density at radius 2 is 2.26 bits per heavy atom. The normalized spacial score (nSPS) is 20.0. The fourth-order valence-electron chi connectivity index (χ4n) is 2.41. The number of hydrogen-bond donors (Lipinski definition) is 1. The van der Waals surface area contributed by atoms with E-state index in [2.05, 4.69) is 10.3 Å². The summed E-state index contributed by atoms with van der Waals surface area (Å²) in [6, 6.07) is 3.59. The smallest absolute Gasteiger partial charge is 0.293 e. The van der Waals surface area contributed by atoms with Crippen molar-refractivity contribution in [2.75, 3.05) is 13.1 Å². The second kappa shape index (κ2) is 6.95. The van der Waals surface area contributed by atoms with Crippen molar-refractivity contribution in [1.29, 1.82) is 0 Å². The predicted octanol–water partition coefficient (Wildman–Crippen LogP) is 2.03. The van der Waals surface area contributed by atoms with E-state index in [1.807, 2.05) is 6.07 Å². The largest absolute Gasteiger partial charge is 0.354 e. The molecule has 1 saturated carbocycles. The van der Waals surface area contributed by atoms with Crippen LogP contribution in [0.4, 0.5) is 4.79 Å². The Labute approximate surface area is 138 Å². The molecular formula is C16H17N3O3S. The molecule has 2 aliphatic rings. The summed E-state index contributed by atoms with van der Waals surface area (Å²) in [5.41, 5.74) is 0.774. The molecule has 7 heteroatoms. The van der Waals surface area contributed by atoms with E-state index in [1.165, 1.54) is 4.90 Å². The van der Waals surface area contributed by atoms with Gasteiger partial charge in [0.2, 0.25) is 5.91 Å². The zero-order valence-corrected chi connectivity index (χ0v) is 13.3. The monoisotopic (exact) mass is 331 g/mol. The van der Waals surface area contributed by atoms with Crippen molar-refractivity contribution in [2.45, 2.75) is 19.3 Å². The summed E-state index contributed by atoms with van der Waals surface area (Å²) in [5.74, 6) is -0.189. The van der Waals surface area contributed by atoms with Gasteiger partial charge in [0.1, 0.15) is 0 Å². The van der Waals surface area contributed by atoms with Gasteiger partial charge in [0.25, 0.3) is 11.1 Å². The third-order valence-electron chi connectivity index (χ3n) is 3.97. The highest BCUT2D eigenvalue weighted by atomic mass is 32.2. The second-order valence-electron chi connectivity index (χ2n) is 5.54. The van der Waals surface area contributed by atoms with Crippen molar-refractivity contribution in [2.24, 2.45) is 5.92 Å². The summed E-state index contributed by atoms with van der Waals surface area (Å²) in [6.07, 6.45) is 7.90. The van der Waals surface area contributed by atoms with Crippen LogP contribution in [0.2, 0.25) is 0 Å². The standard InChI is InChI=1S/C16H17N3O3S/c20-14(12-4-1-5-12)18-7-8-19-15(21)13(23-16(19)22)9-11-3-2-6-17-10-11/h2-3,6,9-10,12H,1,4-5,7-8H2,(H,18,20)/b13-9-. The lowest BCUT2D eigenvalue weighted by atomic mass is 9.85. The number of imide groups is 1. The highest BCUT2D eigenvalue weighted by Gasteiger charge is 2.35. The summed E-state index contributed by atoms with van der Waals surface area (Å²) < 4.78 is 0. The van der Waals surface area contributed by atoms with E-state index in [0.717, 1.165) is 36.6 Å². The SMILES string of the molecule is O=C(NCCN1C(=O)S/C(=C\c2cccnc2)C1=O)C1CCC1. The Morgan fingerprint density at radius 1 is 1.43 bits per heavy atom. The lowest BCUT2D eigenvalue weighted by molar-refractivity contribution is -0.128. The predicted molar refractivity (Wildman–Crippen MR) is 87.3 cm³/mol. The first-order valence-corrected chi connectivity index (χ1v) is 8.40. The molecule has 3 amide bonds. The Kier molecular flexibility index (Phi) is 4.76. The zero-order chi connectivity index (χ0) is 16.2. The van der Waals surface area contributed by atoms with Crippen LogP contribution in [0.3, 0.4) is 0 Å². The van der Waals surface area contributed by atoms with Gasteiger partial charge in [0.05, 0.1) is 4.91 Å². The van der Waals surface area contributed by atoms with Crippen molar-refractivity contribution in [1.82, 2.24) is 15.2 Å². The summed E-state index contributed by atoms with van der Waals surface area (Å²) >= 11 is 0.915. The van der Waals surface area contributed by atoms with Crippen molar-refractivity contribution in [3.8, 4) is 0 Å². The number of rotatable bonds is 5. The molecule has 1 aromatic rings. The van der Waals surface area contributed by atoms with Crippen LogP contribution >= 0.6 is 11.8 Å². The number of amides is 3. The van der Waals surface area contributed by atoms with Gasteiger partial charge in [-0.3, -0.25) is 24.3 Å². The van der Waals surface area contributed by atoms with Gasteiger partial charge in [-0.25, -0.2) is 0 Å². The molecule has 1 aromatic heterocycles. The van der Waals surface area contributed by atoms with Crippen LogP contribution in [-0.2, 0) is 9.59 Å². The fraction of sp³-hybridized carbons (Fsp3) is 0.375. The number of nitrogens with one attached hydrogen (secondary N) is 1.